The molecule has 2 aromatic rings. The van der Waals surface area contributed by atoms with E-state index in [1.54, 1.807) is 33.2 Å². The molecule has 0 atom stereocenters. The summed E-state index contributed by atoms with van der Waals surface area (Å²) in [7, 11) is 8.82. The Kier molecular flexibility index (Phi) is 6.65. The number of anilines is 1. The number of rotatable bonds is 8. The van der Waals surface area contributed by atoms with Crippen molar-refractivity contribution in [1.82, 2.24) is 10.2 Å². The van der Waals surface area contributed by atoms with Gasteiger partial charge in [-0.3, -0.25) is 14.4 Å². The van der Waals surface area contributed by atoms with E-state index in [9.17, 15) is 19.5 Å². The van der Waals surface area contributed by atoms with Gasteiger partial charge in [-0.25, -0.2) is 0 Å². The van der Waals surface area contributed by atoms with E-state index in [0.29, 0.717) is 29.6 Å². The van der Waals surface area contributed by atoms with E-state index in [1.165, 1.54) is 17.0 Å². The van der Waals surface area contributed by atoms with Crippen molar-refractivity contribution in [3.8, 4) is 5.75 Å². The molecular weight excluding hydrogens is 361 g/mol. The van der Waals surface area contributed by atoms with Gasteiger partial charge in [0.05, 0.1) is 23.6 Å². The molecule has 1 aromatic carbocycles. The Balaban J connectivity index is 2.27. The van der Waals surface area contributed by atoms with Gasteiger partial charge in [-0.2, -0.15) is 0 Å². The van der Waals surface area contributed by atoms with Crippen LogP contribution >= 0.6 is 0 Å². The van der Waals surface area contributed by atoms with Crippen LogP contribution in [0.5, 0.6) is 5.75 Å². The zero-order chi connectivity index (χ0) is 20.8. The number of furan rings is 1. The second kappa shape index (κ2) is 8.94. The molecule has 8 nitrogen and oxygen atoms in total. The summed E-state index contributed by atoms with van der Waals surface area (Å²) in [5.41, 5.74) is 0.480. The molecule has 2 radical (unpaired) electrons. The van der Waals surface area contributed by atoms with E-state index in [4.69, 9.17) is 12.3 Å². The molecule has 0 saturated carbocycles. The molecule has 0 aliphatic rings. The third kappa shape index (κ3) is 4.62. The van der Waals surface area contributed by atoms with E-state index in [2.05, 4.69) is 10.6 Å². The molecule has 1 heterocycles. The van der Waals surface area contributed by atoms with Gasteiger partial charge in [0.1, 0.15) is 25.0 Å². The molecule has 0 unspecified atom stereocenters. The van der Waals surface area contributed by atoms with E-state index in [0.717, 1.165) is 0 Å². The van der Waals surface area contributed by atoms with Crippen LogP contribution < -0.4 is 16.1 Å². The Morgan fingerprint density at radius 3 is 2.46 bits per heavy atom. The molecule has 0 saturated heterocycles. The van der Waals surface area contributed by atoms with Gasteiger partial charge in [0.2, 0.25) is 0 Å². The summed E-state index contributed by atoms with van der Waals surface area (Å²) in [6.07, 6.45) is 0.889. The Bertz CT molecular complexity index is 914. The lowest BCUT2D eigenvalue weighted by atomic mass is 9.97. The predicted molar refractivity (Wildman–Crippen MR) is 105 cm³/mol. The van der Waals surface area contributed by atoms with Crippen LogP contribution in [0.4, 0.5) is 5.69 Å². The van der Waals surface area contributed by atoms with Gasteiger partial charge >= 0.3 is 0 Å². The number of carbonyl (C=O) groups is 3. The lowest BCUT2D eigenvalue weighted by molar-refractivity contribution is -0.107. The van der Waals surface area contributed by atoms with E-state index in [1.807, 2.05) is 0 Å². The average molecular weight is 381 g/mol. The largest absolute Gasteiger partial charge is 0.505 e. The number of allylic oxidation sites excluding steroid dienone is 2. The van der Waals surface area contributed by atoms with Crippen LogP contribution in [-0.4, -0.2) is 50.4 Å². The van der Waals surface area contributed by atoms with Gasteiger partial charge in [-0.15, -0.1) is 0 Å². The molecule has 0 aliphatic carbocycles. The van der Waals surface area contributed by atoms with Crippen molar-refractivity contribution in [1.29, 1.82) is 0 Å². The molecule has 1 amide bonds. The van der Waals surface area contributed by atoms with E-state index in [-0.39, 0.29) is 34.9 Å². The topological polar surface area (TPSA) is 112 Å². The highest BCUT2D eigenvalue weighted by Gasteiger charge is 2.17. The second-order valence-electron chi connectivity index (χ2n) is 6.17. The predicted octanol–water partition coefficient (Wildman–Crippen LogP) is 0.600. The maximum absolute atomic E-state index is 12.1. The summed E-state index contributed by atoms with van der Waals surface area (Å²) in [5, 5.41) is 15.8. The molecule has 1 aromatic heterocycles. The van der Waals surface area contributed by atoms with E-state index < -0.39 is 5.91 Å². The highest BCUT2D eigenvalue weighted by molar-refractivity contribution is 6.33. The third-order valence-corrected chi connectivity index (χ3v) is 3.93. The Morgan fingerprint density at radius 2 is 1.93 bits per heavy atom. The van der Waals surface area contributed by atoms with Crippen LogP contribution in [0.25, 0.3) is 0 Å². The standard InChI is InChI=1S/C19H20BN3O5/c1-11-14(20)7-12(28-11)8-21-16(9-24)17(10-25)22-15-6-4-5-13(18(15)26)19(27)23(2)3/h4-7,9-10,21-22,26H,8H2,1-3H3/b17-16-. The summed E-state index contributed by atoms with van der Waals surface area (Å²) in [6, 6.07) is 6.09. The van der Waals surface area contributed by atoms with Crippen molar-refractivity contribution < 1.29 is 23.9 Å². The lowest BCUT2D eigenvalue weighted by Crippen LogP contribution is -2.22. The third-order valence-electron chi connectivity index (χ3n) is 3.93. The van der Waals surface area contributed by atoms with Gasteiger partial charge in [0, 0.05) is 14.1 Å². The molecule has 0 aliphatic heterocycles. The number of aryl methyl sites for hydroxylation is 1. The normalized spacial score (nSPS) is 11.4. The summed E-state index contributed by atoms with van der Waals surface area (Å²) < 4.78 is 5.41. The van der Waals surface area contributed by atoms with Gasteiger partial charge in [-0.1, -0.05) is 11.5 Å². The fourth-order valence-corrected chi connectivity index (χ4v) is 2.39. The monoisotopic (exact) mass is 381 g/mol. The average Bonchev–Trinajstić information content (AvgIpc) is 2.99. The first-order valence-corrected chi connectivity index (χ1v) is 8.32. The Morgan fingerprint density at radius 1 is 1.25 bits per heavy atom. The fourth-order valence-electron chi connectivity index (χ4n) is 2.39. The number of amides is 1. The lowest BCUT2D eigenvalue weighted by Gasteiger charge is -2.15. The summed E-state index contributed by atoms with van der Waals surface area (Å²) >= 11 is 0. The van der Waals surface area contributed by atoms with Crippen molar-refractivity contribution in [2.75, 3.05) is 19.4 Å². The van der Waals surface area contributed by atoms with Crippen molar-refractivity contribution >= 4 is 37.5 Å². The molecule has 0 bridgehead atoms. The van der Waals surface area contributed by atoms with Crippen LogP contribution in [0.3, 0.4) is 0 Å². The molecule has 0 spiro atoms. The number of nitrogens with one attached hydrogen (secondary N) is 2. The van der Waals surface area contributed by atoms with Crippen molar-refractivity contribution in [3.63, 3.8) is 0 Å². The Hall–Kier alpha value is -3.49. The van der Waals surface area contributed by atoms with Crippen LogP contribution in [0.15, 0.2) is 40.1 Å². The minimum absolute atomic E-state index is 0.0497. The number of phenols is 1. The van der Waals surface area contributed by atoms with Crippen molar-refractivity contribution in [2.45, 2.75) is 13.5 Å². The smallest absolute Gasteiger partial charge is 0.257 e. The number of carbonyl (C=O) groups excluding carboxylic acids is 3. The van der Waals surface area contributed by atoms with E-state index >= 15 is 0 Å². The molecule has 144 valence electrons. The van der Waals surface area contributed by atoms with Gasteiger partial charge in [0.25, 0.3) is 5.91 Å². The number of aldehydes is 2. The van der Waals surface area contributed by atoms with Crippen molar-refractivity contribution in [3.05, 3.63) is 52.7 Å². The maximum Gasteiger partial charge on any atom is 0.257 e. The minimum Gasteiger partial charge on any atom is -0.505 e. The molecule has 0 fully saturated rings. The number of phenolic OH excluding ortho intramolecular Hbond substituents is 1. The van der Waals surface area contributed by atoms with Crippen LogP contribution in [0.2, 0.25) is 0 Å². The molecular formula is C19H20BN3O5. The first-order valence-electron chi connectivity index (χ1n) is 8.32. The quantitative estimate of drug-likeness (QED) is 0.266. The highest BCUT2D eigenvalue weighted by atomic mass is 16.3. The minimum atomic E-state index is -0.405. The van der Waals surface area contributed by atoms with Crippen LogP contribution in [0.1, 0.15) is 21.9 Å². The Labute approximate surface area is 163 Å². The molecule has 28 heavy (non-hydrogen) atoms. The van der Waals surface area contributed by atoms with Gasteiger partial charge < -0.3 is 25.1 Å². The zero-order valence-corrected chi connectivity index (χ0v) is 15.8. The first kappa shape index (κ1) is 20.8. The van der Waals surface area contributed by atoms with Crippen LogP contribution in [-0.2, 0) is 16.1 Å². The zero-order valence-electron chi connectivity index (χ0n) is 15.8. The van der Waals surface area contributed by atoms with Gasteiger partial charge in [0.15, 0.2) is 18.3 Å². The fraction of sp³-hybridized carbons (Fsp3) is 0.211. The number of para-hydroxylation sites is 1. The van der Waals surface area contributed by atoms with Crippen molar-refractivity contribution in [2.24, 2.45) is 0 Å². The molecule has 3 N–H and O–H groups in total. The van der Waals surface area contributed by atoms with Crippen LogP contribution in [0, 0.1) is 6.92 Å². The number of hydrogen-bond acceptors (Lipinski definition) is 7. The van der Waals surface area contributed by atoms with Gasteiger partial charge in [-0.05, 0) is 25.1 Å². The number of aromatic hydroxyl groups is 1. The highest BCUT2D eigenvalue weighted by Crippen LogP contribution is 2.29. The molecule has 9 heteroatoms. The first-order chi connectivity index (χ1) is 13.3. The summed E-state index contributed by atoms with van der Waals surface area (Å²) in [5.74, 6) is 0.299. The SMILES string of the molecule is [B]c1cc(CN/C(C=O)=C(/C=O)Nc2cccc(C(=O)N(C)C)c2O)oc1C. The number of hydrogen-bond donors (Lipinski definition) is 3. The summed E-state index contributed by atoms with van der Waals surface area (Å²) in [4.78, 5) is 36.4. The maximum atomic E-state index is 12.1. The number of benzene rings is 1. The second-order valence-corrected chi connectivity index (χ2v) is 6.17. The number of nitrogens with zero attached hydrogens (tertiary/aromatic N) is 1. The summed E-state index contributed by atoms with van der Waals surface area (Å²) in [6.45, 7) is 1.83. The molecule has 2 rings (SSSR count).